The maximum absolute atomic E-state index is 10.3. The summed E-state index contributed by atoms with van der Waals surface area (Å²) in [4.78, 5) is 6.52. The fraction of sp³-hybridized carbons (Fsp3) is 0.636. The highest BCUT2D eigenvalue weighted by molar-refractivity contribution is 7.98. The minimum Gasteiger partial charge on any atom is -0.368 e. The van der Waals surface area contributed by atoms with Crippen molar-refractivity contribution in [2.75, 3.05) is 18.2 Å². The smallest absolute Gasteiger partial charge is 0.231 e. The van der Waals surface area contributed by atoms with Crippen LogP contribution in [-0.4, -0.2) is 33.2 Å². The fourth-order valence-electron chi connectivity index (χ4n) is 2.62. The molecule has 1 aromatic heterocycles. The molecule has 1 aromatic rings. The van der Waals surface area contributed by atoms with Gasteiger partial charge in [-0.25, -0.2) is 0 Å². The zero-order valence-corrected chi connectivity index (χ0v) is 10.9. The molecule has 1 aliphatic heterocycles. The lowest BCUT2D eigenvalue weighted by molar-refractivity contribution is 0.116. The van der Waals surface area contributed by atoms with Crippen molar-refractivity contribution in [2.24, 2.45) is 0 Å². The van der Waals surface area contributed by atoms with E-state index in [1.54, 1.807) is 4.68 Å². The predicted octanol–water partition coefficient (Wildman–Crippen LogP) is 1.77. The first-order valence-electron chi connectivity index (χ1n) is 5.86. The molecule has 0 fully saturated rings. The molecular weight excluding hydrogens is 236 g/mol. The molecule has 2 heterocycles. The predicted molar refractivity (Wildman–Crippen MR) is 67.0 cm³/mol. The van der Waals surface area contributed by atoms with Crippen molar-refractivity contribution in [3.05, 3.63) is 11.3 Å². The van der Waals surface area contributed by atoms with Crippen LogP contribution in [0.1, 0.15) is 31.9 Å². The molecule has 1 unspecified atom stereocenters. The Morgan fingerprint density at radius 2 is 2.12 bits per heavy atom. The summed E-state index contributed by atoms with van der Waals surface area (Å²) in [5, 5.41) is 15.4. The second-order valence-corrected chi connectivity index (χ2v) is 5.23. The number of allylic oxidation sites excluding steroid dienone is 1. The summed E-state index contributed by atoms with van der Waals surface area (Å²) < 4.78 is 1.63. The molecule has 0 saturated heterocycles. The van der Waals surface area contributed by atoms with Gasteiger partial charge >= 0.3 is 0 Å². The Morgan fingerprint density at radius 1 is 1.35 bits per heavy atom. The molecule has 0 saturated carbocycles. The Balaban J connectivity index is 2.09. The van der Waals surface area contributed by atoms with Crippen LogP contribution in [0.2, 0.25) is 0 Å². The summed E-state index contributed by atoms with van der Waals surface area (Å²) in [6, 6.07) is 0. The zero-order chi connectivity index (χ0) is 12.0. The molecule has 1 N–H and O–H groups in total. The minimum atomic E-state index is -0.620. The van der Waals surface area contributed by atoms with Gasteiger partial charge in [-0.05, 0) is 31.9 Å². The van der Waals surface area contributed by atoms with Gasteiger partial charge in [0.25, 0.3) is 0 Å². The van der Waals surface area contributed by atoms with Crippen LogP contribution >= 0.6 is 11.8 Å². The van der Waals surface area contributed by atoms with E-state index in [1.165, 1.54) is 23.9 Å². The van der Waals surface area contributed by atoms with Crippen molar-refractivity contribution in [3.63, 3.8) is 0 Å². The average molecular weight is 252 g/mol. The highest BCUT2D eigenvalue weighted by atomic mass is 32.2. The summed E-state index contributed by atoms with van der Waals surface area (Å²) in [6.07, 6.45) is 5.67. The number of thioether (sulfide) groups is 1. The number of anilines is 1. The number of rotatable bonds is 1. The molecule has 0 aromatic carbocycles. The first kappa shape index (κ1) is 11.1. The van der Waals surface area contributed by atoms with E-state index in [2.05, 4.69) is 15.0 Å². The van der Waals surface area contributed by atoms with Crippen molar-refractivity contribution in [2.45, 2.75) is 37.1 Å². The van der Waals surface area contributed by atoms with Crippen molar-refractivity contribution in [3.8, 4) is 0 Å². The van der Waals surface area contributed by atoms with Crippen molar-refractivity contribution in [1.82, 2.24) is 14.8 Å². The lowest BCUT2D eigenvalue weighted by atomic mass is 9.93. The molecule has 1 aliphatic carbocycles. The van der Waals surface area contributed by atoms with E-state index in [9.17, 15) is 5.11 Å². The van der Waals surface area contributed by atoms with Gasteiger partial charge in [-0.15, -0.1) is 5.10 Å². The number of hydrogen-bond donors (Lipinski definition) is 1. The molecule has 6 heteroatoms. The molecule has 0 bridgehead atoms. The van der Waals surface area contributed by atoms with Crippen LogP contribution in [0.5, 0.6) is 0 Å². The Labute approximate surface area is 105 Å². The number of hydrogen-bond acceptors (Lipinski definition) is 5. The summed E-state index contributed by atoms with van der Waals surface area (Å²) in [7, 11) is 2.01. The van der Waals surface area contributed by atoms with Crippen LogP contribution in [0.3, 0.4) is 0 Å². The van der Waals surface area contributed by atoms with Gasteiger partial charge in [0, 0.05) is 18.3 Å². The van der Waals surface area contributed by atoms with E-state index in [4.69, 9.17) is 0 Å². The van der Waals surface area contributed by atoms with Gasteiger partial charge in [0.1, 0.15) is 0 Å². The maximum Gasteiger partial charge on any atom is 0.231 e. The number of aliphatic hydroxyl groups is 1. The van der Waals surface area contributed by atoms with Gasteiger partial charge < -0.3 is 10.0 Å². The SMILES string of the molecule is CSc1nc2n(n1)C(O)C1=C(CCCC1)N2C. The first-order chi connectivity index (χ1) is 8.22. The summed E-state index contributed by atoms with van der Waals surface area (Å²) in [5.74, 6) is 0.752. The van der Waals surface area contributed by atoms with E-state index in [0.29, 0.717) is 5.16 Å². The number of aromatic nitrogens is 3. The van der Waals surface area contributed by atoms with Gasteiger partial charge in [0.05, 0.1) is 0 Å². The Bertz CT molecular complexity index is 442. The Kier molecular flexibility index (Phi) is 2.63. The molecule has 92 valence electrons. The molecular formula is C11H16N4OS. The molecule has 1 atom stereocenters. The van der Waals surface area contributed by atoms with Gasteiger partial charge in [-0.1, -0.05) is 11.8 Å². The first-order valence-corrected chi connectivity index (χ1v) is 7.09. The second kappa shape index (κ2) is 4.03. The fourth-order valence-corrected chi connectivity index (χ4v) is 2.96. The molecule has 3 rings (SSSR count). The highest BCUT2D eigenvalue weighted by Crippen LogP contribution is 2.39. The molecule has 0 amide bonds. The van der Waals surface area contributed by atoms with E-state index < -0.39 is 6.23 Å². The summed E-state index contributed by atoms with van der Waals surface area (Å²) in [6.45, 7) is 0. The third-order valence-electron chi connectivity index (χ3n) is 3.50. The number of aliphatic hydroxyl groups excluding tert-OH is 1. The molecule has 17 heavy (non-hydrogen) atoms. The third-order valence-corrected chi connectivity index (χ3v) is 4.04. The van der Waals surface area contributed by atoms with Gasteiger partial charge in [0.2, 0.25) is 11.1 Å². The Hall–Kier alpha value is -1.01. The largest absolute Gasteiger partial charge is 0.368 e. The lowest BCUT2D eigenvalue weighted by Crippen LogP contribution is -2.33. The van der Waals surface area contributed by atoms with Gasteiger partial charge in [-0.2, -0.15) is 9.67 Å². The average Bonchev–Trinajstić information content (AvgIpc) is 2.80. The summed E-state index contributed by atoms with van der Waals surface area (Å²) in [5.41, 5.74) is 2.35. The number of nitrogens with zero attached hydrogens (tertiary/aromatic N) is 4. The van der Waals surface area contributed by atoms with E-state index in [1.807, 2.05) is 13.3 Å². The highest BCUT2D eigenvalue weighted by Gasteiger charge is 2.33. The maximum atomic E-state index is 10.3. The monoisotopic (exact) mass is 252 g/mol. The Morgan fingerprint density at radius 3 is 2.88 bits per heavy atom. The zero-order valence-electron chi connectivity index (χ0n) is 10.1. The van der Waals surface area contributed by atoms with Crippen molar-refractivity contribution in [1.29, 1.82) is 0 Å². The van der Waals surface area contributed by atoms with Gasteiger partial charge in [0.15, 0.2) is 6.23 Å². The lowest BCUT2D eigenvalue weighted by Gasteiger charge is -2.35. The quantitative estimate of drug-likeness (QED) is 0.772. The third kappa shape index (κ3) is 1.58. The van der Waals surface area contributed by atoms with E-state index in [0.717, 1.165) is 30.8 Å². The molecule has 0 spiro atoms. The topological polar surface area (TPSA) is 54.2 Å². The van der Waals surface area contributed by atoms with Crippen LogP contribution in [0, 0.1) is 0 Å². The van der Waals surface area contributed by atoms with Crippen LogP contribution in [0.25, 0.3) is 0 Å². The van der Waals surface area contributed by atoms with Crippen LogP contribution in [0.15, 0.2) is 16.4 Å². The minimum absolute atomic E-state index is 0.620. The molecule has 2 aliphatic rings. The standard InChI is InChI=1S/C11H16N4OS/c1-14-8-6-4-3-5-7(8)9(16)15-11(14)12-10(13-15)17-2/h9,16H,3-6H2,1-2H3. The number of fused-ring (bicyclic) bond motifs is 1. The van der Waals surface area contributed by atoms with Crippen molar-refractivity contribution >= 4 is 17.7 Å². The van der Waals surface area contributed by atoms with Crippen LogP contribution in [-0.2, 0) is 0 Å². The van der Waals surface area contributed by atoms with Crippen LogP contribution in [0.4, 0.5) is 5.95 Å². The van der Waals surface area contributed by atoms with Gasteiger partial charge in [-0.3, -0.25) is 0 Å². The van der Waals surface area contributed by atoms with E-state index in [-0.39, 0.29) is 0 Å². The van der Waals surface area contributed by atoms with E-state index >= 15 is 0 Å². The van der Waals surface area contributed by atoms with Crippen LogP contribution < -0.4 is 4.90 Å². The van der Waals surface area contributed by atoms with Crippen molar-refractivity contribution < 1.29 is 5.11 Å². The molecule has 0 radical (unpaired) electrons. The summed E-state index contributed by atoms with van der Waals surface area (Å²) >= 11 is 1.50. The molecule has 5 nitrogen and oxygen atoms in total. The second-order valence-electron chi connectivity index (χ2n) is 4.45. The normalized spacial score (nSPS) is 23.7.